The predicted octanol–water partition coefficient (Wildman–Crippen LogP) is 4.51. The molecule has 0 radical (unpaired) electrons. The van der Waals surface area contributed by atoms with Crippen molar-refractivity contribution in [3.05, 3.63) is 71.6 Å². The molecule has 1 fully saturated rings. The zero-order valence-corrected chi connectivity index (χ0v) is 16.7. The third-order valence-corrected chi connectivity index (χ3v) is 6.39. The number of benzene rings is 2. The van der Waals surface area contributed by atoms with E-state index in [-0.39, 0.29) is 23.5 Å². The van der Waals surface area contributed by atoms with Crippen LogP contribution in [0.3, 0.4) is 0 Å². The van der Waals surface area contributed by atoms with Gasteiger partial charge in [0.25, 0.3) is 0 Å². The summed E-state index contributed by atoms with van der Waals surface area (Å²) in [6.45, 7) is 2.03. The fraction of sp³-hybridized carbons (Fsp3) is 0.333. The second-order valence-electron chi connectivity index (χ2n) is 7.88. The first-order chi connectivity index (χ1) is 14.1. The van der Waals surface area contributed by atoms with Crippen LogP contribution in [0.1, 0.15) is 29.4 Å². The molecule has 29 heavy (non-hydrogen) atoms. The molecule has 0 unspecified atom stereocenters. The summed E-state index contributed by atoms with van der Waals surface area (Å²) in [4.78, 5) is 18.1. The van der Waals surface area contributed by atoms with Crippen molar-refractivity contribution in [1.82, 2.24) is 4.98 Å². The number of aromatic nitrogens is 1. The van der Waals surface area contributed by atoms with Crippen LogP contribution < -0.4 is 0 Å². The molecule has 1 saturated carbocycles. The Bertz CT molecular complexity index is 1110. The smallest absolute Gasteiger partial charge is 0.236 e. The highest BCUT2D eigenvalue weighted by Crippen LogP contribution is 2.55. The van der Waals surface area contributed by atoms with E-state index in [0.717, 1.165) is 34.2 Å². The average Bonchev–Trinajstić information content (AvgIpc) is 3.18. The van der Waals surface area contributed by atoms with Gasteiger partial charge in [-0.25, -0.2) is 4.98 Å². The number of allylic oxidation sites excluding steroid dienone is 1. The number of methoxy groups -OCH3 is 2. The molecule has 3 aliphatic carbocycles. The van der Waals surface area contributed by atoms with Gasteiger partial charge in [0.15, 0.2) is 11.4 Å². The van der Waals surface area contributed by atoms with Crippen LogP contribution in [-0.4, -0.2) is 30.8 Å². The van der Waals surface area contributed by atoms with Crippen LogP contribution in [0.2, 0.25) is 0 Å². The highest BCUT2D eigenvalue weighted by Gasteiger charge is 2.60. The number of hydrogen-bond acceptors (Lipinski definition) is 5. The Morgan fingerprint density at radius 2 is 1.86 bits per heavy atom. The van der Waals surface area contributed by atoms with E-state index in [2.05, 4.69) is 12.1 Å². The molecule has 0 aliphatic heterocycles. The van der Waals surface area contributed by atoms with Gasteiger partial charge in [-0.3, -0.25) is 4.79 Å². The molecule has 1 heterocycles. The molecule has 0 saturated heterocycles. The molecule has 0 N–H and O–H groups in total. The molecule has 3 aliphatic rings. The lowest BCUT2D eigenvalue weighted by Crippen LogP contribution is -2.59. The zero-order chi connectivity index (χ0) is 20.2. The summed E-state index contributed by atoms with van der Waals surface area (Å²) in [6, 6.07) is 16.1. The average molecular weight is 389 g/mol. The SMILES string of the molecule is COC1(OC)C(=O)[C@@H]2C=C(c3nc4cc(C)ccc4o3)[C@H]1C[C@H]2c1ccccc1. The Morgan fingerprint density at radius 3 is 2.59 bits per heavy atom. The standard InChI is InChI=1S/C24H23NO4/c1-14-9-10-21-20(11-14)25-23(29-21)18-12-17-16(15-7-5-4-6-8-15)13-19(18)24(27-2,28-3)22(17)26/h4-12,16-17,19H,13H2,1-3H3/t16-,17+,19+/m0/s1. The number of fused-ring (bicyclic) bond motifs is 3. The number of nitrogens with zero attached hydrogens (tertiary/aromatic N) is 1. The van der Waals surface area contributed by atoms with Crippen LogP contribution in [-0.2, 0) is 14.3 Å². The maximum Gasteiger partial charge on any atom is 0.236 e. The van der Waals surface area contributed by atoms with Crippen molar-refractivity contribution >= 4 is 22.5 Å². The Labute approximate surface area is 169 Å². The Kier molecular flexibility index (Phi) is 4.19. The Hall–Kier alpha value is -2.76. The van der Waals surface area contributed by atoms with Crippen molar-refractivity contribution in [2.45, 2.75) is 25.0 Å². The van der Waals surface area contributed by atoms with E-state index >= 15 is 0 Å². The molecular weight excluding hydrogens is 366 g/mol. The number of aryl methyl sites for hydroxylation is 1. The lowest BCUT2D eigenvalue weighted by atomic mass is 9.60. The fourth-order valence-corrected chi connectivity index (χ4v) is 4.97. The number of ketones is 1. The van der Waals surface area contributed by atoms with Gasteiger partial charge in [-0.05, 0) is 42.5 Å². The summed E-state index contributed by atoms with van der Waals surface area (Å²) in [7, 11) is 3.07. The van der Waals surface area contributed by atoms with Crippen molar-refractivity contribution in [1.29, 1.82) is 0 Å². The number of Topliss-reactive ketones (excluding diaryl/α,β-unsaturated/α-hetero) is 1. The fourth-order valence-electron chi connectivity index (χ4n) is 4.97. The zero-order valence-electron chi connectivity index (χ0n) is 16.7. The van der Waals surface area contributed by atoms with Crippen molar-refractivity contribution < 1.29 is 18.7 Å². The van der Waals surface area contributed by atoms with Gasteiger partial charge < -0.3 is 13.9 Å². The first-order valence-corrected chi connectivity index (χ1v) is 9.86. The van der Waals surface area contributed by atoms with Crippen LogP contribution in [0.4, 0.5) is 0 Å². The molecule has 1 aromatic heterocycles. The second-order valence-corrected chi connectivity index (χ2v) is 7.88. The maximum atomic E-state index is 13.4. The highest BCUT2D eigenvalue weighted by atomic mass is 16.7. The van der Waals surface area contributed by atoms with Crippen molar-refractivity contribution in [2.75, 3.05) is 14.2 Å². The minimum atomic E-state index is -1.31. The molecule has 0 spiro atoms. The maximum absolute atomic E-state index is 13.4. The van der Waals surface area contributed by atoms with Crippen molar-refractivity contribution in [3.8, 4) is 0 Å². The van der Waals surface area contributed by atoms with E-state index in [1.807, 2.05) is 49.4 Å². The van der Waals surface area contributed by atoms with E-state index in [1.165, 1.54) is 14.2 Å². The normalized spacial score (nSPS) is 25.4. The van der Waals surface area contributed by atoms with Gasteiger partial charge in [-0.2, -0.15) is 0 Å². The Balaban J connectivity index is 1.65. The minimum Gasteiger partial charge on any atom is -0.436 e. The third kappa shape index (κ3) is 2.61. The number of carbonyl (C=O) groups excluding carboxylic acids is 1. The van der Waals surface area contributed by atoms with Crippen molar-refractivity contribution in [3.63, 3.8) is 0 Å². The minimum absolute atomic E-state index is 0.0386. The quantitative estimate of drug-likeness (QED) is 0.615. The summed E-state index contributed by atoms with van der Waals surface area (Å²) in [6.07, 6.45) is 2.74. The molecule has 148 valence electrons. The number of hydrogen-bond donors (Lipinski definition) is 0. The van der Waals surface area contributed by atoms with Crippen LogP contribution in [0.25, 0.3) is 16.7 Å². The van der Waals surface area contributed by atoms with E-state index in [4.69, 9.17) is 18.9 Å². The molecule has 6 rings (SSSR count). The summed E-state index contributed by atoms with van der Waals surface area (Å²) >= 11 is 0. The van der Waals surface area contributed by atoms with Gasteiger partial charge >= 0.3 is 0 Å². The molecule has 3 aromatic rings. The van der Waals surface area contributed by atoms with Gasteiger partial charge in [-0.15, -0.1) is 0 Å². The van der Waals surface area contributed by atoms with Gasteiger partial charge in [0.1, 0.15) is 5.52 Å². The predicted molar refractivity (Wildman–Crippen MR) is 109 cm³/mol. The molecule has 2 aromatic carbocycles. The molecule has 3 atom stereocenters. The summed E-state index contributed by atoms with van der Waals surface area (Å²) < 4.78 is 17.5. The number of rotatable bonds is 4. The topological polar surface area (TPSA) is 61.6 Å². The van der Waals surface area contributed by atoms with Gasteiger partial charge in [-0.1, -0.05) is 42.5 Å². The van der Waals surface area contributed by atoms with Crippen LogP contribution in [0.15, 0.2) is 59.0 Å². The van der Waals surface area contributed by atoms with Gasteiger partial charge in [0, 0.05) is 25.7 Å². The molecule has 5 heteroatoms. The van der Waals surface area contributed by atoms with Crippen molar-refractivity contribution in [2.24, 2.45) is 11.8 Å². The van der Waals surface area contributed by atoms with E-state index in [0.29, 0.717) is 5.89 Å². The van der Waals surface area contributed by atoms with Crippen LogP contribution in [0, 0.1) is 18.8 Å². The highest BCUT2D eigenvalue weighted by molar-refractivity contribution is 5.98. The molecule has 5 nitrogen and oxygen atoms in total. The first-order valence-electron chi connectivity index (χ1n) is 9.86. The molecular formula is C24H23NO4. The first kappa shape index (κ1) is 18.3. The lowest BCUT2D eigenvalue weighted by molar-refractivity contribution is -0.235. The third-order valence-electron chi connectivity index (χ3n) is 6.39. The second kappa shape index (κ2) is 6.65. The molecule has 0 amide bonds. The van der Waals surface area contributed by atoms with Crippen LogP contribution >= 0.6 is 0 Å². The number of ether oxygens (including phenoxy) is 2. The van der Waals surface area contributed by atoms with E-state index in [1.54, 1.807) is 0 Å². The number of carbonyl (C=O) groups is 1. The summed E-state index contributed by atoms with van der Waals surface area (Å²) in [5.74, 6) is -1.37. The monoisotopic (exact) mass is 389 g/mol. The number of oxazole rings is 1. The molecule has 2 bridgehead atoms. The van der Waals surface area contributed by atoms with Gasteiger partial charge in [0.2, 0.25) is 11.7 Å². The summed E-state index contributed by atoms with van der Waals surface area (Å²) in [5, 5.41) is 0. The largest absolute Gasteiger partial charge is 0.436 e. The van der Waals surface area contributed by atoms with Crippen LogP contribution in [0.5, 0.6) is 0 Å². The van der Waals surface area contributed by atoms with E-state index < -0.39 is 5.79 Å². The summed E-state index contributed by atoms with van der Waals surface area (Å²) in [5.41, 5.74) is 4.71. The lowest BCUT2D eigenvalue weighted by Gasteiger charge is -2.50. The Morgan fingerprint density at radius 1 is 1.10 bits per heavy atom. The van der Waals surface area contributed by atoms with Gasteiger partial charge in [0.05, 0.1) is 5.92 Å². The van der Waals surface area contributed by atoms with E-state index in [9.17, 15) is 4.79 Å².